The molecular weight excluding hydrogens is 274 g/mol. The Morgan fingerprint density at radius 2 is 2.05 bits per heavy atom. The van der Waals surface area contributed by atoms with E-state index < -0.39 is 5.97 Å². The third-order valence-corrected chi connectivity index (χ3v) is 3.54. The van der Waals surface area contributed by atoms with Crippen LogP contribution in [0.15, 0.2) is 24.3 Å². The maximum atomic E-state index is 10.7. The molecule has 0 fully saturated rings. The minimum absolute atomic E-state index is 0.315. The SMILES string of the molecule is CCCc1nsc(NCCc2ccc(C(=O)O)cc2)n1. The van der Waals surface area contributed by atoms with Crippen molar-refractivity contribution in [1.29, 1.82) is 0 Å². The van der Waals surface area contributed by atoms with Gasteiger partial charge in [0.1, 0.15) is 5.82 Å². The smallest absolute Gasteiger partial charge is 0.335 e. The molecule has 2 rings (SSSR count). The lowest BCUT2D eigenvalue weighted by molar-refractivity contribution is 0.0697. The molecule has 1 aromatic carbocycles. The number of carboxylic acids is 1. The summed E-state index contributed by atoms with van der Waals surface area (Å²) in [5, 5.41) is 12.9. The van der Waals surface area contributed by atoms with E-state index in [1.54, 1.807) is 12.1 Å². The zero-order valence-corrected chi connectivity index (χ0v) is 12.1. The molecule has 0 unspecified atom stereocenters. The van der Waals surface area contributed by atoms with Crippen LogP contribution < -0.4 is 5.32 Å². The minimum Gasteiger partial charge on any atom is -0.478 e. The van der Waals surface area contributed by atoms with Gasteiger partial charge in [-0.15, -0.1) is 0 Å². The normalized spacial score (nSPS) is 10.4. The number of nitrogens with zero attached hydrogens (tertiary/aromatic N) is 2. The van der Waals surface area contributed by atoms with Gasteiger partial charge in [0.15, 0.2) is 0 Å². The highest BCUT2D eigenvalue weighted by atomic mass is 32.1. The van der Waals surface area contributed by atoms with Crippen LogP contribution in [0.3, 0.4) is 0 Å². The fourth-order valence-electron chi connectivity index (χ4n) is 1.78. The molecule has 20 heavy (non-hydrogen) atoms. The Morgan fingerprint density at radius 3 is 2.70 bits per heavy atom. The van der Waals surface area contributed by atoms with Crippen molar-refractivity contribution in [2.24, 2.45) is 0 Å². The van der Waals surface area contributed by atoms with Crippen LogP contribution in [0.1, 0.15) is 35.1 Å². The molecule has 0 atom stereocenters. The molecule has 1 heterocycles. The molecule has 0 radical (unpaired) electrons. The van der Waals surface area contributed by atoms with Crippen LogP contribution in [-0.2, 0) is 12.8 Å². The van der Waals surface area contributed by atoms with Crippen LogP contribution in [0.25, 0.3) is 0 Å². The van der Waals surface area contributed by atoms with Gasteiger partial charge in [-0.2, -0.15) is 4.37 Å². The summed E-state index contributed by atoms with van der Waals surface area (Å²) in [4.78, 5) is 15.1. The van der Waals surface area contributed by atoms with Gasteiger partial charge in [-0.05, 0) is 30.5 Å². The van der Waals surface area contributed by atoms with Crippen molar-refractivity contribution in [2.75, 3.05) is 11.9 Å². The van der Waals surface area contributed by atoms with E-state index in [2.05, 4.69) is 21.6 Å². The zero-order valence-electron chi connectivity index (χ0n) is 11.3. The molecule has 0 aliphatic carbocycles. The van der Waals surface area contributed by atoms with Gasteiger partial charge in [0, 0.05) is 24.5 Å². The lowest BCUT2D eigenvalue weighted by Gasteiger charge is -2.03. The van der Waals surface area contributed by atoms with Crippen molar-refractivity contribution in [3.63, 3.8) is 0 Å². The highest BCUT2D eigenvalue weighted by molar-refractivity contribution is 7.09. The molecular formula is C14H17N3O2S. The van der Waals surface area contributed by atoms with E-state index in [0.717, 1.165) is 42.3 Å². The standard InChI is InChI=1S/C14H17N3O2S/c1-2-3-12-16-14(20-17-12)15-9-8-10-4-6-11(7-5-10)13(18)19/h4-7H,2-3,8-9H2,1H3,(H,18,19)(H,15,16,17). The van der Waals surface area contributed by atoms with Crippen molar-refractivity contribution < 1.29 is 9.90 Å². The Morgan fingerprint density at radius 1 is 1.30 bits per heavy atom. The van der Waals surface area contributed by atoms with Gasteiger partial charge < -0.3 is 10.4 Å². The van der Waals surface area contributed by atoms with Crippen molar-refractivity contribution in [1.82, 2.24) is 9.36 Å². The number of rotatable bonds is 7. The Hall–Kier alpha value is -1.95. The minimum atomic E-state index is -0.896. The first-order valence-electron chi connectivity index (χ1n) is 6.57. The fourth-order valence-corrected chi connectivity index (χ4v) is 2.42. The molecule has 0 aliphatic heterocycles. The third kappa shape index (κ3) is 4.03. The Balaban J connectivity index is 1.81. The first-order chi connectivity index (χ1) is 9.69. The van der Waals surface area contributed by atoms with Crippen molar-refractivity contribution >= 4 is 22.6 Å². The summed E-state index contributed by atoms with van der Waals surface area (Å²) in [6.45, 7) is 2.86. The summed E-state index contributed by atoms with van der Waals surface area (Å²) in [6, 6.07) is 6.94. The highest BCUT2D eigenvalue weighted by Gasteiger charge is 2.04. The van der Waals surface area contributed by atoms with E-state index in [1.807, 2.05) is 12.1 Å². The number of aromatic nitrogens is 2. The topological polar surface area (TPSA) is 75.1 Å². The molecule has 5 nitrogen and oxygen atoms in total. The fraction of sp³-hybridized carbons (Fsp3) is 0.357. The van der Waals surface area contributed by atoms with Gasteiger partial charge in [-0.1, -0.05) is 19.1 Å². The molecule has 0 spiro atoms. The molecule has 0 bridgehead atoms. The van der Waals surface area contributed by atoms with E-state index in [-0.39, 0.29) is 0 Å². The number of benzene rings is 1. The molecule has 6 heteroatoms. The summed E-state index contributed by atoms with van der Waals surface area (Å²) < 4.78 is 4.27. The lowest BCUT2D eigenvalue weighted by Crippen LogP contribution is -2.05. The van der Waals surface area contributed by atoms with Crippen LogP contribution in [0.2, 0.25) is 0 Å². The zero-order chi connectivity index (χ0) is 14.4. The second-order valence-corrected chi connectivity index (χ2v) is 5.20. The number of carbonyl (C=O) groups is 1. The molecule has 2 N–H and O–H groups in total. The van der Waals surface area contributed by atoms with Crippen LogP contribution in [0.5, 0.6) is 0 Å². The maximum absolute atomic E-state index is 10.7. The number of carboxylic acid groups (broad SMARTS) is 1. The average molecular weight is 291 g/mol. The summed E-state index contributed by atoms with van der Waals surface area (Å²) in [7, 11) is 0. The van der Waals surface area contributed by atoms with Crippen LogP contribution >= 0.6 is 11.5 Å². The van der Waals surface area contributed by atoms with Crippen molar-refractivity contribution in [3.05, 3.63) is 41.2 Å². The van der Waals surface area contributed by atoms with Crippen LogP contribution in [0, 0.1) is 0 Å². The van der Waals surface area contributed by atoms with Crippen LogP contribution in [0.4, 0.5) is 5.13 Å². The summed E-state index contributed by atoms with van der Waals surface area (Å²) >= 11 is 1.38. The van der Waals surface area contributed by atoms with Crippen molar-refractivity contribution in [3.8, 4) is 0 Å². The Kier molecular flexibility index (Phi) is 5.06. The highest BCUT2D eigenvalue weighted by Crippen LogP contribution is 2.12. The number of hydrogen-bond donors (Lipinski definition) is 2. The third-order valence-electron chi connectivity index (χ3n) is 2.83. The van der Waals surface area contributed by atoms with Gasteiger partial charge in [0.2, 0.25) is 5.13 Å². The predicted molar refractivity (Wildman–Crippen MR) is 79.5 cm³/mol. The first kappa shape index (κ1) is 14.5. The summed E-state index contributed by atoms with van der Waals surface area (Å²) in [5.41, 5.74) is 1.41. The summed E-state index contributed by atoms with van der Waals surface area (Å²) in [5.74, 6) is -0.00204. The Labute approximate surface area is 121 Å². The molecule has 0 saturated heterocycles. The van der Waals surface area contributed by atoms with E-state index >= 15 is 0 Å². The number of aryl methyl sites for hydroxylation is 1. The summed E-state index contributed by atoms with van der Waals surface area (Å²) in [6.07, 6.45) is 2.78. The second kappa shape index (κ2) is 7.00. The molecule has 0 aliphatic rings. The largest absolute Gasteiger partial charge is 0.478 e. The molecule has 1 aromatic heterocycles. The monoisotopic (exact) mass is 291 g/mol. The average Bonchev–Trinajstić information content (AvgIpc) is 2.87. The first-order valence-corrected chi connectivity index (χ1v) is 7.35. The van der Waals surface area contributed by atoms with Gasteiger partial charge >= 0.3 is 5.97 Å². The van der Waals surface area contributed by atoms with E-state index in [4.69, 9.17) is 5.11 Å². The van der Waals surface area contributed by atoms with Gasteiger partial charge in [-0.25, -0.2) is 9.78 Å². The maximum Gasteiger partial charge on any atom is 0.335 e. The van der Waals surface area contributed by atoms with E-state index in [1.165, 1.54) is 11.5 Å². The van der Waals surface area contributed by atoms with Gasteiger partial charge in [-0.3, -0.25) is 0 Å². The second-order valence-electron chi connectivity index (χ2n) is 4.44. The number of anilines is 1. The van der Waals surface area contributed by atoms with E-state index in [9.17, 15) is 4.79 Å². The predicted octanol–water partition coefficient (Wildman–Crippen LogP) is 2.84. The lowest BCUT2D eigenvalue weighted by atomic mass is 10.1. The quantitative estimate of drug-likeness (QED) is 0.820. The van der Waals surface area contributed by atoms with Gasteiger partial charge in [0.25, 0.3) is 0 Å². The molecule has 106 valence electrons. The van der Waals surface area contributed by atoms with E-state index in [0.29, 0.717) is 5.56 Å². The molecule has 0 saturated carbocycles. The van der Waals surface area contributed by atoms with Crippen molar-refractivity contribution in [2.45, 2.75) is 26.2 Å². The Bertz CT molecular complexity index is 566. The number of nitrogens with one attached hydrogen (secondary N) is 1. The molecule has 0 amide bonds. The molecule has 2 aromatic rings. The number of hydrogen-bond acceptors (Lipinski definition) is 5. The van der Waals surface area contributed by atoms with Gasteiger partial charge in [0.05, 0.1) is 5.56 Å². The van der Waals surface area contributed by atoms with Crippen LogP contribution in [-0.4, -0.2) is 27.0 Å². The number of aromatic carboxylic acids is 1.